The average Bonchev–Trinajstić information content (AvgIpc) is 2.28. The van der Waals surface area contributed by atoms with Gasteiger partial charge in [-0.15, -0.1) is 0 Å². The minimum absolute atomic E-state index is 0.0360. The molecule has 0 bridgehead atoms. The molecule has 90 valence electrons. The molecule has 1 heterocycles. The molecule has 0 aliphatic carbocycles. The van der Waals surface area contributed by atoms with Gasteiger partial charge in [0.15, 0.2) is 0 Å². The van der Waals surface area contributed by atoms with Crippen molar-refractivity contribution in [3.63, 3.8) is 0 Å². The summed E-state index contributed by atoms with van der Waals surface area (Å²) in [6, 6.07) is 5.53. The van der Waals surface area contributed by atoms with E-state index in [4.69, 9.17) is 5.11 Å². The van der Waals surface area contributed by atoms with Crippen molar-refractivity contribution >= 4 is 10.0 Å². The Morgan fingerprint density at radius 1 is 1.38 bits per heavy atom. The predicted molar refractivity (Wildman–Crippen MR) is 61.4 cm³/mol. The zero-order valence-electron chi connectivity index (χ0n) is 8.96. The molecule has 0 aliphatic heterocycles. The van der Waals surface area contributed by atoms with Crippen LogP contribution in [0.2, 0.25) is 0 Å². The molecule has 0 unspecified atom stereocenters. The second-order valence-corrected chi connectivity index (χ2v) is 5.29. The summed E-state index contributed by atoms with van der Waals surface area (Å²) >= 11 is 0. The Hall–Kier alpha value is -0.980. The summed E-state index contributed by atoms with van der Waals surface area (Å²) in [5.41, 5.74) is 0.854. The number of nitrogens with zero attached hydrogens (tertiary/aromatic N) is 1. The maximum atomic E-state index is 11.3. The first-order valence-electron chi connectivity index (χ1n) is 5.12. The molecule has 0 amide bonds. The third-order valence-corrected chi connectivity index (χ3v) is 3.47. The van der Waals surface area contributed by atoms with Crippen LogP contribution in [0.3, 0.4) is 0 Å². The molecule has 0 aromatic carbocycles. The Kier molecular flexibility index (Phi) is 5.37. The Morgan fingerprint density at radius 2 is 2.19 bits per heavy atom. The van der Waals surface area contributed by atoms with Crippen LogP contribution in [0.25, 0.3) is 0 Å². The highest BCUT2D eigenvalue weighted by molar-refractivity contribution is 7.89. The molecule has 1 aromatic rings. The summed E-state index contributed by atoms with van der Waals surface area (Å²) in [6.45, 7) is 0.228. The van der Waals surface area contributed by atoms with Gasteiger partial charge in [-0.25, -0.2) is 13.1 Å². The molecule has 5 nitrogen and oxygen atoms in total. The van der Waals surface area contributed by atoms with Crippen molar-refractivity contribution in [1.29, 1.82) is 0 Å². The van der Waals surface area contributed by atoms with E-state index in [1.165, 1.54) is 0 Å². The first-order valence-corrected chi connectivity index (χ1v) is 6.77. The van der Waals surface area contributed by atoms with Crippen molar-refractivity contribution in [3.8, 4) is 0 Å². The van der Waals surface area contributed by atoms with E-state index >= 15 is 0 Å². The van der Waals surface area contributed by atoms with E-state index < -0.39 is 10.0 Å². The van der Waals surface area contributed by atoms with Gasteiger partial charge in [-0.3, -0.25) is 4.98 Å². The van der Waals surface area contributed by atoms with E-state index in [-0.39, 0.29) is 18.8 Å². The van der Waals surface area contributed by atoms with Crippen molar-refractivity contribution in [1.82, 2.24) is 9.71 Å². The number of hydrogen-bond donors (Lipinski definition) is 2. The molecule has 0 atom stereocenters. The van der Waals surface area contributed by atoms with Crippen molar-refractivity contribution in [3.05, 3.63) is 30.1 Å². The Balaban J connectivity index is 2.30. The molecular formula is C10H16N2O3S. The number of aliphatic hydroxyl groups is 1. The molecule has 0 fully saturated rings. The van der Waals surface area contributed by atoms with Crippen LogP contribution in [0.5, 0.6) is 0 Å². The fraction of sp³-hybridized carbons (Fsp3) is 0.500. The lowest BCUT2D eigenvalue weighted by Gasteiger charge is -2.05. The van der Waals surface area contributed by atoms with E-state index in [2.05, 4.69) is 9.71 Å². The number of nitrogens with one attached hydrogen (secondary N) is 1. The van der Waals surface area contributed by atoms with E-state index in [9.17, 15) is 8.42 Å². The van der Waals surface area contributed by atoms with E-state index in [0.717, 1.165) is 5.69 Å². The zero-order chi connectivity index (χ0) is 11.9. The minimum atomic E-state index is -3.25. The SMILES string of the molecule is O=S(=O)(CCCO)NCCc1ccccn1. The quantitative estimate of drug-likeness (QED) is 0.703. The van der Waals surface area contributed by atoms with Crippen LogP contribution in [0.4, 0.5) is 0 Å². The minimum Gasteiger partial charge on any atom is -0.396 e. The maximum absolute atomic E-state index is 11.3. The first-order chi connectivity index (χ1) is 7.64. The molecular weight excluding hydrogens is 228 g/mol. The van der Waals surface area contributed by atoms with Crippen LogP contribution in [-0.4, -0.2) is 37.4 Å². The fourth-order valence-electron chi connectivity index (χ4n) is 1.21. The normalized spacial score (nSPS) is 11.6. The molecule has 1 aromatic heterocycles. The van der Waals surface area contributed by atoms with Gasteiger partial charge in [-0.2, -0.15) is 0 Å². The number of hydrogen-bond acceptors (Lipinski definition) is 4. The lowest BCUT2D eigenvalue weighted by Crippen LogP contribution is -2.28. The van der Waals surface area contributed by atoms with Gasteiger partial charge in [0.1, 0.15) is 0 Å². The van der Waals surface area contributed by atoms with Crippen LogP contribution >= 0.6 is 0 Å². The maximum Gasteiger partial charge on any atom is 0.211 e. The molecule has 1 rings (SSSR count). The molecule has 0 saturated carbocycles. The van der Waals surface area contributed by atoms with E-state index in [0.29, 0.717) is 13.0 Å². The van der Waals surface area contributed by atoms with Gasteiger partial charge >= 0.3 is 0 Å². The molecule has 0 radical (unpaired) electrons. The molecule has 16 heavy (non-hydrogen) atoms. The van der Waals surface area contributed by atoms with Gasteiger partial charge in [0.25, 0.3) is 0 Å². The van der Waals surface area contributed by atoms with Crippen LogP contribution in [0.1, 0.15) is 12.1 Å². The van der Waals surface area contributed by atoms with Gasteiger partial charge < -0.3 is 5.11 Å². The molecule has 0 aliphatic rings. The lowest BCUT2D eigenvalue weighted by atomic mass is 10.3. The second-order valence-electron chi connectivity index (χ2n) is 3.36. The third kappa shape index (κ3) is 5.20. The van der Waals surface area contributed by atoms with Crippen molar-refractivity contribution in [2.45, 2.75) is 12.8 Å². The lowest BCUT2D eigenvalue weighted by molar-refractivity contribution is 0.295. The van der Waals surface area contributed by atoms with E-state index in [1.54, 1.807) is 6.20 Å². The zero-order valence-corrected chi connectivity index (χ0v) is 9.78. The smallest absolute Gasteiger partial charge is 0.211 e. The summed E-state index contributed by atoms with van der Waals surface area (Å²) in [7, 11) is -3.25. The molecule has 0 saturated heterocycles. The Morgan fingerprint density at radius 3 is 2.81 bits per heavy atom. The third-order valence-electron chi connectivity index (χ3n) is 2.00. The average molecular weight is 244 g/mol. The van der Waals surface area contributed by atoms with Crippen LogP contribution in [0, 0.1) is 0 Å². The van der Waals surface area contributed by atoms with Gasteiger partial charge in [0.05, 0.1) is 5.75 Å². The monoisotopic (exact) mass is 244 g/mol. The highest BCUT2D eigenvalue weighted by Crippen LogP contribution is 1.95. The molecule has 6 heteroatoms. The summed E-state index contributed by atoms with van der Waals surface area (Å²) in [5.74, 6) is -0.0360. The summed E-state index contributed by atoms with van der Waals surface area (Å²) < 4.78 is 25.1. The van der Waals surface area contributed by atoms with Crippen molar-refractivity contribution < 1.29 is 13.5 Å². The fourth-order valence-corrected chi connectivity index (χ4v) is 2.27. The number of sulfonamides is 1. The topological polar surface area (TPSA) is 79.3 Å². The second kappa shape index (κ2) is 6.57. The summed E-state index contributed by atoms with van der Waals surface area (Å²) in [5, 5.41) is 8.53. The van der Waals surface area contributed by atoms with Crippen molar-refractivity contribution in [2.24, 2.45) is 0 Å². The van der Waals surface area contributed by atoms with Crippen LogP contribution in [0.15, 0.2) is 24.4 Å². The Bertz CT molecular complexity index is 392. The summed E-state index contributed by atoms with van der Waals surface area (Å²) in [4.78, 5) is 4.09. The Labute approximate surface area is 95.6 Å². The van der Waals surface area contributed by atoms with Crippen LogP contribution in [-0.2, 0) is 16.4 Å². The van der Waals surface area contributed by atoms with Gasteiger partial charge in [-0.05, 0) is 18.6 Å². The van der Waals surface area contributed by atoms with Gasteiger partial charge in [0.2, 0.25) is 10.0 Å². The van der Waals surface area contributed by atoms with Crippen LogP contribution < -0.4 is 4.72 Å². The summed E-state index contributed by atoms with van der Waals surface area (Å²) in [6.07, 6.45) is 2.51. The molecule has 2 N–H and O–H groups in total. The standard InChI is InChI=1S/C10H16N2O3S/c13-8-3-9-16(14,15)12-7-5-10-4-1-2-6-11-10/h1-2,4,6,12-13H,3,5,7-9H2. The molecule has 0 spiro atoms. The first kappa shape index (κ1) is 13.1. The predicted octanol–water partition coefficient (Wildman–Crippen LogP) is -0.0741. The number of aliphatic hydroxyl groups excluding tert-OH is 1. The van der Waals surface area contributed by atoms with E-state index in [1.807, 2.05) is 18.2 Å². The number of pyridine rings is 1. The highest BCUT2D eigenvalue weighted by atomic mass is 32.2. The highest BCUT2D eigenvalue weighted by Gasteiger charge is 2.08. The van der Waals surface area contributed by atoms with Gasteiger partial charge in [-0.1, -0.05) is 6.07 Å². The number of aromatic nitrogens is 1. The number of rotatable bonds is 7. The van der Waals surface area contributed by atoms with Crippen molar-refractivity contribution in [2.75, 3.05) is 18.9 Å². The largest absolute Gasteiger partial charge is 0.396 e. The van der Waals surface area contributed by atoms with Gasteiger partial charge in [0, 0.05) is 31.5 Å².